The number of nitrogens with one attached hydrogen (secondary N) is 2. The zero-order valence-corrected chi connectivity index (χ0v) is 29.2. The van der Waals surface area contributed by atoms with Gasteiger partial charge >= 0.3 is 6.09 Å². The normalized spacial score (nSPS) is 16.0. The van der Waals surface area contributed by atoms with Gasteiger partial charge in [0.15, 0.2) is 5.82 Å². The first-order valence-electron chi connectivity index (χ1n) is 16.8. The highest BCUT2D eigenvalue weighted by molar-refractivity contribution is 7.91. The Morgan fingerprint density at radius 3 is 2.37 bits per heavy atom. The van der Waals surface area contributed by atoms with E-state index in [0.29, 0.717) is 49.3 Å². The average Bonchev–Trinajstić information content (AvgIpc) is 3.48. The van der Waals surface area contributed by atoms with Crippen LogP contribution in [-0.2, 0) is 24.0 Å². The van der Waals surface area contributed by atoms with Crippen molar-refractivity contribution in [2.75, 3.05) is 81.8 Å². The molecule has 6 rings (SSSR count). The Bertz CT molecular complexity index is 1990. The lowest BCUT2D eigenvalue weighted by molar-refractivity contribution is 0.0786. The number of hydrogen-bond donors (Lipinski definition) is 2. The number of carbonyl (C=O) groups is 2. The molecule has 1 aromatic heterocycles. The van der Waals surface area contributed by atoms with Crippen LogP contribution in [0.5, 0.6) is 0 Å². The van der Waals surface area contributed by atoms with E-state index in [0.717, 1.165) is 49.4 Å². The molecule has 13 nitrogen and oxygen atoms in total. The minimum absolute atomic E-state index is 0.0694. The van der Waals surface area contributed by atoms with Crippen LogP contribution in [0.15, 0.2) is 64.4 Å². The third kappa shape index (κ3) is 8.30. The lowest BCUT2D eigenvalue weighted by Gasteiger charge is -2.34. The summed E-state index contributed by atoms with van der Waals surface area (Å²) in [7, 11) is -2.36. The lowest BCUT2D eigenvalue weighted by atomic mass is 10.1. The number of amides is 1. The highest BCUT2D eigenvalue weighted by Crippen LogP contribution is 2.32. The van der Waals surface area contributed by atoms with Gasteiger partial charge < -0.3 is 34.6 Å². The van der Waals surface area contributed by atoms with Gasteiger partial charge in [0.25, 0.3) is 5.91 Å². The zero-order chi connectivity index (χ0) is 36.1. The van der Waals surface area contributed by atoms with Gasteiger partial charge in [-0.1, -0.05) is 0 Å². The Morgan fingerprint density at radius 1 is 0.941 bits per heavy atom. The van der Waals surface area contributed by atoms with E-state index in [-0.39, 0.29) is 40.9 Å². The van der Waals surface area contributed by atoms with Gasteiger partial charge in [0, 0.05) is 74.9 Å². The minimum Gasteiger partial charge on any atom is -0.445 e. The van der Waals surface area contributed by atoms with E-state index in [9.17, 15) is 26.8 Å². The number of likely N-dealkylation sites (N-methyl/N-ethyl adjacent to an activating group) is 1. The van der Waals surface area contributed by atoms with Gasteiger partial charge in [0.2, 0.25) is 9.84 Å². The summed E-state index contributed by atoms with van der Waals surface area (Å²) in [6, 6.07) is 11.3. The molecule has 0 radical (unpaired) electrons. The second-order valence-electron chi connectivity index (χ2n) is 12.4. The molecule has 0 unspecified atom stereocenters. The van der Waals surface area contributed by atoms with Crippen LogP contribution in [0.1, 0.15) is 30.1 Å². The highest BCUT2D eigenvalue weighted by Gasteiger charge is 2.26. The molecule has 2 N–H and O–H groups in total. The van der Waals surface area contributed by atoms with Crippen molar-refractivity contribution < 1.29 is 41.0 Å². The van der Waals surface area contributed by atoms with E-state index in [1.54, 1.807) is 13.0 Å². The van der Waals surface area contributed by atoms with Crippen molar-refractivity contribution in [3.8, 4) is 0 Å². The zero-order valence-electron chi connectivity index (χ0n) is 28.4. The molecule has 4 aromatic rings. The highest BCUT2D eigenvalue weighted by atomic mass is 32.2. The van der Waals surface area contributed by atoms with Crippen LogP contribution in [0.3, 0.4) is 0 Å². The summed E-state index contributed by atoms with van der Waals surface area (Å²) in [6.07, 6.45) is 0.626. The topological polar surface area (TPSA) is 144 Å². The summed E-state index contributed by atoms with van der Waals surface area (Å²) in [5.41, 5.74) is 2.00. The number of rotatable bonds is 11. The van der Waals surface area contributed by atoms with E-state index in [1.165, 1.54) is 18.2 Å². The van der Waals surface area contributed by atoms with Gasteiger partial charge in [-0.2, -0.15) is 4.68 Å². The fourth-order valence-electron chi connectivity index (χ4n) is 6.06. The van der Waals surface area contributed by atoms with Gasteiger partial charge in [-0.3, -0.25) is 4.79 Å². The molecule has 272 valence electrons. The molecular formula is C35H40F2N6O7S. The Hall–Kier alpha value is -4.64. The molecule has 1 amide bonds. The predicted molar refractivity (Wildman–Crippen MR) is 186 cm³/mol. The number of benzene rings is 3. The quantitative estimate of drug-likeness (QED) is 0.207. The number of nitrogens with zero attached hydrogens (tertiary/aromatic N) is 4. The van der Waals surface area contributed by atoms with Crippen LogP contribution in [0.4, 0.5) is 30.8 Å². The number of aromatic nitrogens is 2. The maximum absolute atomic E-state index is 14.1. The molecule has 2 aliphatic heterocycles. The molecule has 0 bridgehead atoms. The first kappa shape index (κ1) is 36.2. The summed E-state index contributed by atoms with van der Waals surface area (Å²) in [5, 5.41) is 10.7. The van der Waals surface area contributed by atoms with Crippen molar-refractivity contribution in [3.63, 3.8) is 0 Å². The van der Waals surface area contributed by atoms with Crippen LogP contribution in [0.25, 0.3) is 10.9 Å². The van der Waals surface area contributed by atoms with Crippen molar-refractivity contribution in [1.29, 1.82) is 0 Å². The molecule has 0 spiro atoms. The van der Waals surface area contributed by atoms with Gasteiger partial charge in [-0.15, -0.1) is 5.10 Å². The van der Waals surface area contributed by atoms with E-state index in [1.807, 2.05) is 12.1 Å². The SMILES string of the molecule is CCOCCOC(=O)n1nc(NC(=O)c2ccc(N3CCN(C)CC3)cc2NC2CCOCC2)c2cc(S(=O)(=O)c3cc(F)cc(F)c3)ccc21. The number of ether oxygens (including phenoxy) is 3. The maximum Gasteiger partial charge on any atom is 0.435 e. The van der Waals surface area contributed by atoms with Crippen LogP contribution in [0, 0.1) is 11.6 Å². The Labute approximate surface area is 294 Å². The lowest BCUT2D eigenvalue weighted by Crippen LogP contribution is -2.44. The monoisotopic (exact) mass is 726 g/mol. The van der Waals surface area contributed by atoms with Crippen molar-refractivity contribution in [2.45, 2.75) is 35.6 Å². The molecule has 0 atom stereocenters. The summed E-state index contributed by atoms with van der Waals surface area (Å²) >= 11 is 0. The Morgan fingerprint density at radius 2 is 1.67 bits per heavy atom. The summed E-state index contributed by atoms with van der Waals surface area (Å²) in [6.45, 7) is 6.94. The molecule has 2 saturated heterocycles. The first-order chi connectivity index (χ1) is 24.5. The molecule has 2 fully saturated rings. The fraction of sp³-hybridized carbons (Fsp3) is 0.400. The number of carbonyl (C=O) groups excluding carboxylic acids is 2. The average molecular weight is 727 g/mol. The second kappa shape index (κ2) is 15.7. The molecule has 0 aliphatic carbocycles. The van der Waals surface area contributed by atoms with Crippen molar-refractivity contribution in [3.05, 3.63) is 71.8 Å². The number of fused-ring (bicyclic) bond motifs is 1. The Kier molecular flexibility index (Phi) is 11.1. The molecule has 0 saturated carbocycles. The number of piperazine rings is 1. The standard InChI is InChI=1S/C35H40F2N6O7S/c1-3-48-16-17-50-35(45)43-32-7-5-27(51(46,47)28-19-23(36)18-24(37)20-28)22-30(32)33(40-43)39-34(44)29-6-4-26(42-12-10-41(2)11-13-42)21-31(29)38-25-8-14-49-15-9-25/h4-7,18-22,25,38H,3,8-17H2,1-2H3,(H,39,40,44). The number of hydrogen-bond acceptors (Lipinski definition) is 11. The summed E-state index contributed by atoms with van der Waals surface area (Å²) in [4.78, 5) is 30.8. The third-order valence-electron chi connectivity index (χ3n) is 8.87. The molecular weight excluding hydrogens is 686 g/mol. The van der Waals surface area contributed by atoms with Crippen LogP contribution in [0.2, 0.25) is 0 Å². The van der Waals surface area contributed by atoms with E-state index < -0.39 is 38.4 Å². The van der Waals surface area contributed by atoms with E-state index in [2.05, 4.69) is 32.6 Å². The molecule has 3 aromatic carbocycles. The molecule has 51 heavy (non-hydrogen) atoms. The molecule has 3 heterocycles. The Balaban J connectivity index is 1.37. The first-order valence-corrected chi connectivity index (χ1v) is 18.2. The van der Waals surface area contributed by atoms with Crippen LogP contribution in [-0.4, -0.2) is 107 Å². The van der Waals surface area contributed by atoms with Gasteiger partial charge in [-0.25, -0.2) is 22.0 Å². The smallest absolute Gasteiger partial charge is 0.435 e. The minimum atomic E-state index is -4.44. The van der Waals surface area contributed by atoms with Crippen LogP contribution >= 0.6 is 0 Å². The van der Waals surface area contributed by atoms with Gasteiger partial charge in [-0.05, 0) is 75.3 Å². The van der Waals surface area contributed by atoms with Crippen molar-refractivity contribution >= 4 is 49.9 Å². The van der Waals surface area contributed by atoms with Crippen LogP contribution < -0.4 is 15.5 Å². The number of halogens is 2. The predicted octanol–water partition coefficient (Wildman–Crippen LogP) is 4.76. The van der Waals surface area contributed by atoms with Crippen molar-refractivity contribution in [2.24, 2.45) is 0 Å². The third-order valence-corrected chi connectivity index (χ3v) is 10.6. The van der Waals surface area contributed by atoms with Gasteiger partial charge in [0.1, 0.15) is 18.2 Å². The largest absolute Gasteiger partial charge is 0.445 e. The number of anilines is 3. The molecule has 16 heteroatoms. The fourth-order valence-corrected chi connectivity index (χ4v) is 7.38. The maximum atomic E-state index is 14.1. The van der Waals surface area contributed by atoms with E-state index >= 15 is 0 Å². The number of sulfone groups is 1. The summed E-state index contributed by atoms with van der Waals surface area (Å²) < 4.78 is 72.1. The van der Waals surface area contributed by atoms with E-state index in [4.69, 9.17) is 14.2 Å². The molecule has 2 aliphatic rings. The summed E-state index contributed by atoms with van der Waals surface area (Å²) in [5.74, 6) is -2.81. The van der Waals surface area contributed by atoms with Gasteiger partial charge in [0.05, 0.1) is 27.5 Å². The van der Waals surface area contributed by atoms with Crippen molar-refractivity contribution in [1.82, 2.24) is 14.7 Å². The second-order valence-corrected chi connectivity index (χ2v) is 14.3.